The average molecular weight is 359 g/mol. The van der Waals surface area contributed by atoms with Gasteiger partial charge in [0.25, 0.3) is 0 Å². The van der Waals surface area contributed by atoms with Crippen molar-refractivity contribution in [3.8, 4) is 11.5 Å². The van der Waals surface area contributed by atoms with E-state index in [1.807, 2.05) is 6.07 Å². The summed E-state index contributed by atoms with van der Waals surface area (Å²) in [5.41, 5.74) is 1.41. The monoisotopic (exact) mass is 358 g/mol. The van der Waals surface area contributed by atoms with Crippen molar-refractivity contribution in [2.45, 2.75) is 6.92 Å². The van der Waals surface area contributed by atoms with Crippen molar-refractivity contribution in [2.75, 3.05) is 13.2 Å². The molecule has 3 aromatic rings. The van der Waals surface area contributed by atoms with E-state index in [0.29, 0.717) is 16.3 Å². The molecule has 25 heavy (non-hydrogen) atoms. The lowest BCUT2D eigenvalue weighted by Gasteiger charge is -2.11. The Hall–Kier alpha value is -2.86. The summed E-state index contributed by atoms with van der Waals surface area (Å²) in [6.07, 6.45) is 1.66. The Labute approximate surface area is 149 Å². The van der Waals surface area contributed by atoms with Gasteiger partial charge in [-0.2, -0.15) is 0 Å². The number of benzene rings is 2. The van der Waals surface area contributed by atoms with E-state index in [-0.39, 0.29) is 24.7 Å². The molecule has 0 aliphatic carbocycles. The van der Waals surface area contributed by atoms with Crippen LogP contribution in [0.3, 0.4) is 0 Å². The number of nitrogens with zero attached hydrogens (tertiary/aromatic N) is 2. The molecule has 0 bridgehead atoms. The van der Waals surface area contributed by atoms with Crippen molar-refractivity contribution in [3.63, 3.8) is 0 Å². The minimum absolute atomic E-state index is 0.0568. The number of aryl methyl sites for hydroxylation is 1. The first kappa shape index (κ1) is 17.0. The van der Waals surface area contributed by atoms with E-state index in [9.17, 15) is 10.1 Å². The number of ether oxygens (including phenoxy) is 2. The summed E-state index contributed by atoms with van der Waals surface area (Å²) >= 11 is 6.15. The van der Waals surface area contributed by atoms with Crippen LogP contribution in [0.5, 0.6) is 11.5 Å². The summed E-state index contributed by atoms with van der Waals surface area (Å²) < 4.78 is 11.2. The van der Waals surface area contributed by atoms with Gasteiger partial charge < -0.3 is 9.47 Å². The van der Waals surface area contributed by atoms with Crippen LogP contribution in [0.25, 0.3) is 10.9 Å². The van der Waals surface area contributed by atoms with Crippen LogP contribution in [0.2, 0.25) is 5.02 Å². The van der Waals surface area contributed by atoms with Crippen molar-refractivity contribution in [1.29, 1.82) is 0 Å². The smallest absolute Gasteiger partial charge is 0.311 e. The quantitative estimate of drug-likeness (QED) is 0.367. The molecular weight excluding hydrogens is 344 g/mol. The zero-order valence-corrected chi connectivity index (χ0v) is 14.2. The van der Waals surface area contributed by atoms with E-state index in [4.69, 9.17) is 21.1 Å². The molecule has 2 aromatic carbocycles. The molecule has 128 valence electrons. The Balaban J connectivity index is 1.67. The van der Waals surface area contributed by atoms with Gasteiger partial charge in [-0.1, -0.05) is 17.7 Å². The molecule has 1 aromatic heterocycles. The average Bonchev–Trinajstić information content (AvgIpc) is 2.61. The van der Waals surface area contributed by atoms with Gasteiger partial charge in [-0.05, 0) is 42.8 Å². The highest BCUT2D eigenvalue weighted by Crippen LogP contribution is 2.30. The lowest BCUT2D eigenvalue weighted by atomic mass is 10.2. The Morgan fingerprint density at radius 2 is 1.84 bits per heavy atom. The molecule has 0 fully saturated rings. The number of nitro benzene ring substituents is 1. The number of rotatable bonds is 6. The van der Waals surface area contributed by atoms with Crippen molar-refractivity contribution in [3.05, 3.63) is 69.4 Å². The second kappa shape index (κ2) is 7.36. The van der Waals surface area contributed by atoms with Gasteiger partial charge in [-0.15, -0.1) is 0 Å². The van der Waals surface area contributed by atoms with Crippen LogP contribution in [0.1, 0.15) is 5.56 Å². The number of pyridine rings is 1. The van der Waals surface area contributed by atoms with E-state index < -0.39 is 4.92 Å². The van der Waals surface area contributed by atoms with Gasteiger partial charge >= 0.3 is 5.69 Å². The van der Waals surface area contributed by atoms with Gasteiger partial charge in [0.15, 0.2) is 5.75 Å². The summed E-state index contributed by atoms with van der Waals surface area (Å²) in [6, 6.07) is 12.0. The van der Waals surface area contributed by atoms with E-state index in [1.54, 1.807) is 43.5 Å². The zero-order valence-electron chi connectivity index (χ0n) is 13.4. The fourth-order valence-corrected chi connectivity index (χ4v) is 2.64. The Morgan fingerprint density at radius 3 is 2.60 bits per heavy atom. The van der Waals surface area contributed by atoms with E-state index >= 15 is 0 Å². The number of aromatic nitrogens is 1. The molecule has 0 aliphatic heterocycles. The van der Waals surface area contributed by atoms with Crippen LogP contribution < -0.4 is 9.47 Å². The first-order valence-electron chi connectivity index (χ1n) is 7.60. The van der Waals surface area contributed by atoms with E-state index in [2.05, 4.69) is 4.98 Å². The maximum absolute atomic E-state index is 11.1. The molecule has 0 aliphatic rings. The van der Waals surface area contributed by atoms with Crippen LogP contribution in [-0.2, 0) is 0 Å². The number of halogens is 1. The predicted octanol–water partition coefficient (Wildman–Crippen LogP) is 4.56. The SMILES string of the molecule is Cc1ccc(OCCOc2ccc(Cl)c3cccnc23)c([N+](=O)[O-])c1. The van der Waals surface area contributed by atoms with Crippen molar-refractivity contribution < 1.29 is 14.4 Å². The van der Waals surface area contributed by atoms with E-state index in [1.165, 1.54) is 6.07 Å². The Bertz CT molecular complexity index is 930. The molecular formula is C18H15ClN2O4. The second-order valence-corrected chi connectivity index (χ2v) is 5.78. The van der Waals surface area contributed by atoms with Gasteiger partial charge in [0.05, 0.1) is 9.95 Å². The van der Waals surface area contributed by atoms with Gasteiger partial charge in [0.1, 0.15) is 24.5 Å². The molecule has 0 saturated heterocycles. The fraction of sp³-hybridized carbons (Fsp3) is 0.167. The lowest BCUT2D eigenvalue weighted by Crippen LogP contribution is -2.10. The van der Waals surface area contributed by atoms with Crippen LogP contribution >= 0.6 is 11.6 Å². The molecule has 7 heteroatoms. The largest absolute Gasteiger partial charge is 0.488 e. The van der Waals surface area contributed by atoms with Gasteiger partial charge in [-0.25, -0.2) is 0 Å². The highest BCUT2D eigenvalue weighted by atomic mass is 35.5. The summed E-state index contributed by atoms with van der Waals surface area (Å²) in [5, 5.41) is 12.5. The topological polar surface area (TPSA) is 74.5 Å². The normalized spacial score (nSPS) is 10.6. The van der Waals surface area contributed by atoms with Gasteiger partial charge in [-0.3, -0.25) is 15.1 Å². The fourth-order valence-electron chi connectivity index (χ4n) is 2.42. The predicted molar refractivity (Wildman–Crippen MR) is 95.6 cm³/mol. The zero-order chi connectivity index (χ0) is 17.8. The third-order valence-electron chi connectivity index (χ3n) is 3.59. The third kappa shape index (κ3) is 3.80. The van der Waals surface area contributed by atoms with Gasteiger partial charge in [0, 0.05) is 17.6 Å². The second-order valence-electron chi connectivity index (χ2n) is 5.37. The molecule has 6 nitrogen and oxygen atoms in total. The molecule has 0 N–H and O–H groups in total. The first-order valence-corrected chi connectivity index (χ1v) is 7.98. The minimum Gasteiger partial charge on any atom is -0.488 e. The number of hydrogen-bond donors (Lipinski definition) is 0. The van der Waals surface area contributed by atoms with Crippen LogP contribution in [0.15, 0.2) is 48.7 Å². The Morgan fingerprint density at radius 1 is 1.12 bits per heavy atom. The molecule has 1 heterocycles. The minimum atomic E-state index is -0.459. The highest BCUT2D eigenvalue weighted by molar-refractivity contribution is 6.35. The van der Waals surface area contributed by atoms with Crippen LogP contribution in [-0.4, -0.2) is 23.1 Å². The molecule has 0 radical (unpaired) electrons. The maximum Gasteiger partial charge on any atom is 0.311 e. The Kier molecular flexibility index (Phi) is 5.00. The standard InChI is InChI=1S/C18H15ClN2O4/c1-12-4-6-16(15(11-12)21(22)23)24-9-10-25-17-7-5-14(19)13-3-2-8-20-18(13)17/h2-8,11H,9-10H2,1H3. The number of hydrogen-bond acceptors (Lipinski definition) is 5. The third-order valence-corrected chi connectivity index (χ3v) is 3.92. The maximum atomic E-state index is 11.1. The molecule has 3 rings (SSSR count). The summed E-state index contributed by atoms with van der Waals surface area (Å²) in [7, 11) is 0. The van der Waals surface area contributed by atoms with E-state index in [0.717, 1.165) is 10.9 Å². The van der Waals surface area contributed by atoms with Gasteiger partial charge in [0.2, 0.25) is 0 Å². The summed E-state index contributed by atoms with van der Waals surface area (Å²) in [5.74, 6) is 0.806. The molecule has 0 spiro atoms. The van der Waals surface area contributed by atoms with Crippen LogP contribution in [0, 0.1) is 17.0 Å². The van der Waals surface area contributed by atoms with Crippen molar-refractivity contribution in [1.82, 2.24) is 4.98 Å². The first-order chi connectivity index (χ1) is 12.1. The molecule has 0 atom stereocenters. The molecule has 0 amide bonds. The number of fused-ring (bicyclic) bond motifs is 1. The summed E-state index contributed by atoms with van der Waals surface area (Å²) in [4.78, 5) is 14.9. The number of nitro groups is 1. The van der Waals surface area contributed by atoms with Crippen LogP contribution in [0.4, 0.5) is 5.69 Å². The molecule has 0 unspecified atom stereocenters. The lowest BCUT2D eigenvalue weighted by molar-refractivity contribution is -0.385. The highest BCUT2D eigenvalue weighted by Gasteiger charge is 2.15. The summed E-state index contributed by atoms with van der Waals surface area (Å²) in [6.45, 7) is 2.18. The van der Waals surface area contributed by atoms with Crippen molar-refractivity contribution >= 4 is 28.2 Å². The molecule has 0 saturated carbocycles. The van der Waals surface area contributed by atoms with Crippen molar-refractivity contribution in [2.24, 2.45) is 0 Å².